The van der Waals surface area contributed by atoms with Crippen molar-refractivity contribution >= 4 is 33.9 Å². The highest BCUT2D eigenvalue weighted by molar-refractivity contribution is 6.09. The van der Waals surface area contributed by atoms with Crippen LogP contribution in [0.1, 0.15) is 28.7 Å². The first-order valence-corrected chi connectivity index (χ1v) is 8.54. The van der Waals surface area contributed by atoms with Gasteiger partial charge in [0.1, 0.15) is 0 Å². The number of rotatable bonds is 4. The molecule has 0 spiro atoms. The Hall–Kier alpha value is -3.41. The van der Waals surface area contributed by atoms with Crippen molar-refractivity contribution in [2.45, 2.75) is 20.4 Å². The maximum atomic E-state index is 12.0. The molecule has 0 bridgehead atoms. The first kappa shape index (κ1) is 16.1. The number of nitrogens with zero attached hydrogens (tertiary/aromatic N) is 3. The minimum Gasteiger partial charge on any atom is -0.341 e. The molecule has 4 aromatic rings. The molecule has 0 atom stereocenters. The number of hydrogen-bond acceptors (Lipinski definition) is 3. The van der Waals surface area contributed by atoms with Gasteiger partial charge in [-0.3, -0.25) is 9.89 Å². The zero-order valence-corrected chi connectivity index (χ0v) is 14.7. The van der Waals surface area contributed by atoms with Crippen LogP contribution in [0.5, 0.6) is 0 Å². The first-order chi connectivity index (χ1) is 12.7. The summed E-state index contributed by atoms with van der Waals surface area (Å²) < 4.78 is 2.30. The molecule has 0 fully saturated rings. The average molecular weight is 345 g/mol. The van der Waals surface area contributed by atoms with Gasteiger partial charge in [0.25, 0.3) is 5.91 Å². The Labute approximate surface area is 150 Å². The second-order valence-corrected chi connectivity index (χ2v) is 6.17. The molecule has 6 nitrogen and oxygen atoms in total. The number of hydrogen-bond donors (Lipinski definition) is 2. The number of H-pyrrole nitrogens is 1. The van der Waals surface area contributed by atoms with Crippen LogP contribution in [0, 0.1) is 6.92 Å². The maximum absolute atomic E-state index is 12.0. The van der Waals surface area contributed by atoms with Crippen molar-refractivity contribution in [3.05, 3.63) is 65.5 Å². The van der Waals surface area contributed by atoms with Crippen molar-refractivity contribution in [1.29, 1.82) is 0 Å². The van der Waals surface area contributed by atoms with E-state index in [1.807, 2.05) is 13.0 Å². The molecule has 0 saturated heterocycles. The summed E-state index contributed by atoms with van der Waals surface area (Å²) in [6, 6.07) is 16.2. The Balaban J connectivity index is 1.63. The lowest BCUT2D eigenvalue weighted by Crippen LogP contribution is -2.18. The van der Waals surface area contributed by atoms with Gasteiger partial charge in [-0.15, -0.1) is 0 Å². The van der Waals surface area contributed by atoms with Gasteiger partial charge < -0.3 is 4.57 Å². The fraction of sp³-hybridized carbons (Fsp3) is 0.150. The molecule has 0 unspecified atom stereocenters. The van der Waals surface area contributed by atoms with Gasteiger partial charge in [0.05, 0.1) is 6.21 Å². The number of amides is 1. The Morgan fingerprint density at radius 2 is 2.00 bits per heavy atom. The van der Waals surface area contributed by atoms with Crippen molar-refractivity contribution < 1.29 is 4.79 Å². The molecule has 4 rings (SSSR count). The second-order valence-electron chi connectivity index (χ2n) is 6.17. The average Bonchev–Trinajstić information content (AvgIpc) is 3.23. The third-order valence-electron chi connectivity index (χ3n) is 4.43. The van der Waals surface area contributed by atoms with Crippen molar-refractivity contribution in [2.24, 2.45) is 5.10 Å². The summed E-state index contributed by atoms with van der Waals surface area (Å²) in [5, 5.41) is 13.1. The number of aryl methyl sites for hydroxylation is 2. The molecule has 2 aromatic carbocycles. The molecule has 2 N–H and O–H groups in total. The van der Waals surface area contributed by atoms with Crippen LogP contribution < -0.4 is 5.43 Å². The molecule has 0 aliphatic rings. The van der Waals surface area contributed by atoms with Crippen LogP contribution in [0.25, 0.3) is 21.8 Å². The van der Waals surface area contributed by atoms with E-state index in [-0.39, 0.29) is 5.91 Å². The number of carbonyl (C=O) groups is 1. The lowest BCUT2D eigenvalue weighted by Gasteiger charge is -2.02. The van der Waals surface area contributed by atoms with Gasteiger partial charge in [0, 0.05) is 34.0 Å². The zero-order valence-electron chi connectivity index (χ0n) is 14.7. The van der Waals surface area contributed by atoms with E-state index < -0.39 is 0 Å². The molecule has 2 aromatic heterocycles. The molecule has 0 saturated carbocycles. The SMILES string of the molecule is CCn1c2ccccc2c2cc(/C=N/NC(=O)c3cc(C)[nH]n3)ccc21. The van der Waals surface area contributed by atoms with Crippen LogP contribution in [0.3, 0.4) is 0 Å². The summed E-state index contributed by atoms with van der Waals surface area (Å²) >= 11 is 0. The van der Waals surface area contributed by atoms with E-state index in [1.54, 1.807) is 12.3 Å². The van der Waals surface area contributed by atoms with Gasteiger partial charge in [-0.2, -0.15) is 10.2 Å². The van der Waals surface area contributed by atoms with Crippen molar-refractivity contribution in [3.8, 4) is 0 Å². The smallest absolute Gasteiger partial charge is 0.291 e. The number of nitrogens with one attached hydrogen (secondary N) is 2. The Bertz CT molecular complexity index is 1140. The van der Waals surface area contributed by atoms with Crippen LogP contribution >= 0.6 is 0 Å². The van der Waals surface area contributed by atoms with E-state index in [0.717, 1.165) is 17.8 Å². The van der Waals surface area contributed by atoms with Crippen molar-refractivity contribution in [1.82, 2.24) is 20.2 Å². The lowest BCUT2D eigenvalue weighted by molar-refractivity contribution is 0.0950. The standard InChI is InChI=1S/C20H19N5O/c1-3-25-18-7-5-4-6-15(18)16-11-14(8-9-19(16)25)12-21-24-20(26)17-10-13(2)22-23-17/h4-12H,3H2,1-2H3,(H,22,23)(H,24,26)/b21-12+. The quantitative estimate of drug-likeness (QED) is 0.438. The number of aromatic nitrogens is 3. The van der Waals surface area contributed by atoms with E-state index in [2.05, 4.69) is 68.6 Å². The van der Waals surface area contributed by atoms with Gasteiger partial charge in [-0.1, -0.05) is 24.3 Å². The lowest BCUT2D eigenvalue weighted by atomic mass is 10.1. The first-order valence-electron chi connectivity index (χ1n) is 8.54. The van der Waals surface area contributed by atoms with E-state index >= 15 is 0 Å². The molecule has 6 heteroatoms. The predicted molar refractivity (Wildman–Crippen MR) is 104 cm³/mol. The van der Waals surface area contributed by atoms with Crippen LogP contribution in [0.15, 0.2) is 53.6 Å². The minimum absolute atomic E-state index is 0.320. The molecular weight excluding hydrogens is 326 g/mol. The monoisotopic (exact) mass is 345 g/mol. The van der Waals surface area contributed by atoms with Crippen LogP contribution in [0.4, 0.5) is 0 Å². The van der Waals surface area contributed by atoms with E-state index in [1.165, 1.54) is 21.8 Å². The molecule has 0 aliphatic carbocycles. The molecule has 1 amide bonds. The highest BCUT2D eigenvalue weighted by Gasteiger charge is 2.10. The summed E-state index contributed by atoms with van der Waals surface area (Å²) in [6.45, 7) is 4.90. The minimum atomic E-state index is -0.339. The highest BCUT2D eigenvalue weighted by atomic mass is 16.2. The molecule has 130 valence electrons. The topological polar surface area (TPSA) is 75.1 Å². The van der Waals surface area contributed by atoms with E-state index in [9.17, 15) is 4.79 Å². The number of carbonyl (C=O) groups excluding carboxylic acids is 1. The molecule has 0 aliphatic heterocycles. The zero-order chi connectivity index (χ0) is 18.1. The molecule has 26 heavy (non-hydrogen) atoms. The van der Waals surface area contributed by atoms with Crippen molar-refractivity contribution in [3.63, 3.8) is 0 Å². The van der Waals surface area contributed by atoms with Crippen LogP contribution in [-0.4, -0.2) is 26.9 Å². The third kappa shape index (κ3) is 2.75. The normalized spacial score (nSPS) is 11.6. The number of fused-ring (bicyclic) bond motifs is 3. The summed E-state index contributed by atoms with van der Waals surface area (Å²) in [5.41, 5.74) is 7.00. The second kappa shape index (κ2) is 6.48. The van der Waals surface area contributed by atoms with Gasteiger partial charge in [-0.05, 0) is 43.7 Å². The number of hydrazone groups is 1. The number of benzene rings is 2. The van der Waals surface area contributed by atoms with Crippen LogP contribution in [0.2, 0.25) is 0 Å². The summed E-state index contributed by atoms with van der Waals surface area (Å²) in [5.74, 6) is -0.339. The van der Waals surface area contributed by atoms with Gasteiger partial charge in [0.2, 0.25) is 0 Å². The highest BCUT2D eigenvalue weighted by Crippen LogP contribution is 2.29. The van der Waals surface area contributed by atoms with Gasteiger partial charge >= 0.3 is 0 Å². The molecule has 2 heterocycles. The van der Waals surface area contributed by atoms with Gasteiger partial charge in [0.15, 0.2) is 5.69 Å². The summed E-state index contributed by atoms with van der Waals surface area (Å²) in [6.07, 6.45) is 1.65. The molecular formula is C20H19N5O. The fourth-order valence-corrected chi connectivity index (χ4v) is 3.25. The van der Waals surface area contributed by atoms with Gasteiger partial charge in [-0.25, -0.2) is 5.43 Å². The van der Waals surface area contributed by atoms with Crippen LogP contribution in [-0.2, 0) is 6.54 Å². The largest absolute Gasteiger partial charge is 0.341 e. The Morgan fingerprint density at radius 3 is 2.77 bits per heavy atom. The van der Waals surface area contributed by atoms with Crippen molar-refractivity contribution in [2.75, 3.05) is 0 Å². The molecule has 0 radical (unpaired) electrons. The predicted octanol–water partition coefficient (Wildman–Crippen LogP) is 3.61. The number of para-hydroxylation sites is 1. The van der Waals surface area contributed by atoms with E-state index in [0.29, 0.717) is 5.69 Å². The number of aromatic amines is 1. The Kier molecular flexibility index (Phi) is 4.01. The fourth-order valence-electron chi connectivity index (χ4n) is 3.25. The van der Waals surface area contributed by atoms with E-state index in [4.69, 9.17) is 0 Å². The third-order valence-corrected chi connectivity index (χ3v) is 4.43. The Morgan fingerprint density at radius 1 is 1.19 bits per heavy atom. The summed E-state index contributed by atoms with van der Waals surface area (Å²) in [7, 11) is 0. The maximum Gasteiger partial charge on any atom is 0.291 e. The summed E-state index contributed by atoms with van der Waals surface area (Å²) in [4.78, 5) is 12.0.